The Balaban J connectivity index is 3.19. The highest BCUT2D eigenvalue weighted by atomic mass is 19.3. The minimum atomic E-state index is -3.35. The average molecular weight is 172 g/mol. The summed E-state index contributed by atoms with van der Waals surface area (Å²) in [6.45, 7) is 1.77. The largest absolute Gasteiger partial charge is 0.398 e. The molecule has 1 aromatic rings. The molecule has 0 unspecified atom stereocenters. The Hall–Kier alpha value is -1.16. The molecule has 0 atom stereocenters. The number of benzene rings is 1. The zero-order valence-electron chi connectivity index (χ0n) is 6.64. The molecule has 4 N–H and O–H groups in total. The van der Waals surface area contributed by atoms with E-state index in [1.165, 1.54) is 12.1 Å². The van der Waals surface area contributed by atoms with Crippen molar-refractivity contribution in [2.75, 3.05) is 5.73 Å². The van der Waals surface area contributed by atoms with Gasteiger partial charge in [0.15, 0.2) is 0 Å². The molecular formula is C8H10F2N2. The van der Waals surface area contributed by atoms with Gasteiger partial charge in [-0.25, -0.2) is 0 Å². The average Bonchev–Trinajstić information content (AvgIpc) is 1.83. The minimum absolute atomic E-state index is 0.0301. The van der Waals surface area contributed by atoms with E-state index in [-0.39, 0.29) is 11.3 Å². The molecule has 0 aliphatic heterocycles. The summed E-state index contributed by atoms with van der Waals surface area (Å²) in [4.78, 5) is 0. The first kappa shape index (κ1) is 8.93. The molecule has 0 saturated heterocycles. The van der Waals surface area contributed by atoms with Crippen LogP contribution in [0.5, 0.6) is 0 Å². The van der Waals surface area contributed by atoms with Gasteiger partial charge in [0.25, 0.3) is 0 Å². The van der Waals surface area contributed by atoms with Crippen LogP contribution in [0, 0.1) is 6.92 Å². The maximum atomic E-state index is 12.5. The summed E-state index contributed by atoms with van der Waals surface area (Å²) < 4.78 is 25.1. The molecule has 0 radical (unpaired) electrons. The number of aryl methyl sites for hydroxylation is 1. The van der Waals surface area contributed by atoms with E-state index >= 15 is 0 Å². The highest BCUT2D eigenvalue weighted by Gasteiger charge is 2.27. The van der Waals surface area contributed by atoms with Gasteiger partial charge < -0.3 is 5.73 Å². The van der Waals surface area contributed by atoms with E-state index in [4.69, 9.17) is 5.73 Å². The highest BCUT2D eigenvalue weighted by Crippen LogP contribution is 2.27. The summed E-state index contributed by atoms with van der Waals surface area (Å²) in [6, 6.07) is 0.908. The Bertz CT molecular complexity index is 292. The fourth-order valence-electron chi connectivity index (χ4n) is 0.986. The first-order valence-electron chi connectivity index (χ1n) is 3.44. The third kappa shape index (κ3) is 1.71. The van der Waals surface area contributed by atoms with Crippen LogP contribution >= 0.6 is 0 Å². The monoisotopic (exact) mass is 172 g/mol. The number of alkyl halides is 2. The van der Waals surface area contributed by atoms with Crippen LogP contribution in [0.15, 0.2) is 18.2 Å². The smallest absolute Gasteiger partial charge is 0.328 e. The quantitative estimate of drug-likeness (QED) is 0.499. The highest BCUT2D eigenvalue weighted by molar-refractivity contribution is 5.50. The van der Waals surface area contributed by atoms with Gasteiger partial charge in [0.2, 0.25) is 0 Å². The van der Waals surface area contributed by atoms with Gasteiger partial charge in [-0.2, -0.15) is 8.78 Å². The van der Waals surface area contributed by atoms with Crippen LogP contribution in [0.2, 0.25) is 0 Å². The van der Waals surface area contributed by atoms with Crippen LogP contribution in [0.3, 0.4) is 0 Å². The van der Waals surface area contributed by atoms with Crippen molar-refractivity contribution in [1.29, 1.82) is 0 Å². The summed E-state index contributed by atoms with van der Waals surface area (Å²) in [7, 11) is 0. The van der Waals surface area contributed by atoms with E-state index in [1.54, 1.807) is 13.0 Å². The van der Waals surface area contributed by atoms with Gasteiger partial charge in [0, 0.05) is 5.69 Å². The van der Waals surface area contributed by atoms with Crippen molar-refractivity contribution in [1.82, 2.24) is 0 Å². The van der Waals surface area contributed by atoms with E-state index in [0.717, 1.165) is 5.56 Å². The van der Waals surface area contributed by atoms with E-state index < -0.39 is 6.05 Å². The molecule has 2 nitrogen and oxygen atoms in total. The van der Waals surface area contributed by atoms with E-state index in [0.29, 0.717) is 0 Å². The van der Waals surface area contributed by atoms with E-state index in [9.17, 15) is 8.78 Å². The van der Waals surface area contributed by atoms with E-state index in [2.05, 4.69) is 5.73 Å². The number of nitrogens with two attached hydrogens (primary N) is 2. The SMILES string of the molecule is Cc1ccc(C(N)(F)F)c(N)c1. The predicted octanol–water partition coefficient (Wildman–Crippen LogP) is 1.59. The Morgan fingerprint density at radius 1 is 1.33 bits per heavy atom. The van der Waals surface area contributed by atoms with Crippen LogP contribution in [0.25, 0.3) is 0 Å². The molecule has 1 aromatic carbocycles. The van der Waals surface area contributed by atoms with Crippen molar-refractivity contribution in [2.45, 2.75) is 13.0 Å². The lowest BCUT2D eigenvalue weighted by Gasteiger charge is -2.12. The van der Waals surface area contributed by atoms with Gasteiger partial charge in [0.05, 0.1) is 5.56 Å². The van der Waals surface area contributed by atoms with Crippen LogP contribution in [0.1, 0.15) is 11.1 Å². The molecule has 0 bridgehead atoms. The van der Waals surface area contributed by atoms with Crippen LogP contribution in [-0.2, 0) is 6.05 Å². The van der Waals surface area contributed by atoms with Crippen molar-refractivity contribution in [3.05, 3.63) is 29.3 Å². The molecular weight excluding hydrogens is 162 g/mol. The van der Waals surface area contributed by atoms with Gasteiger partial charge in [0.1, 0.15) is 0 Å². The second kappa shape index (κ2) is 2.71. The number of rotatable bonds is 1. The fourth-order valence-corrected chi connectivity index (χ4v) is 0.986. The lowest BCUT2D eigenvalue weighted by molar-refractivity contribution is 0.00380. The lowest BCUT2D eigenvalue weighted by atomic mass is 10.1. The Kier molecular flexibility index (Phi) is 2.02. The maximum absolute atomic E-state index is 12.5. The molecule has 0 fully saturated rings. The number of hydrogen-bond acceptors (Lipinski definition) is 2. The van der Waals surface area contributed by atoms with Crippen LogP contribution in [-0.4, -0.2) is 0 Å². The van der Waals surface area contributed by atoms with Gasteiger partial charge in [-0.15, -0.1) is 0 Å². The number of nitrogen functional groups attached to an aromatic ring is 1. The Labute approximate surface area is 69.2 Å². The number of hydrogen-bond donors (Lipinski definition) is 2. The molecule has 0 amide bonds. The summed E-state index contributed by atoms with van der Waals surface area (Å²) in [5, 5.41) is 0. The summed E-state index contributed by atoms with van der Waals surface area (Å²) >= 11 is 0. The normalized spacial score (nSPS) is 11.7. The van der Waals surface area contributed by atoms with Crippen molar-refractivity contribution < 1.29 is 8.78 Å². The predicted molar refractivity (Wildman–Crippen MR) is 43.7 cm³/mol. The summed E-state index contributed by atoms with van der Waals surface area (Å²) in [5.74, 6) is 0. The summed E-state index contributed by atoms with van der Waals surface area (Å²) in [6.07, 6.45) is 0. The zero-order chi connectivity index (χ0) is 9.35. The van der Waals surface area contributed by atoms with E-state index in [1.807, 2.05) is 0 Å². The second-order valence-corrected chi connectivity index (χ2v) is 2.71. The molecule has 1 rings (SSSR count). The molecule has 12 heavy (non-hydrogen) atoms. The van der Waals surface area contributed by atoms with Gasteiger partial charge in [-0.1, -0.05) is 6.07 Å². The van der Waals surface area contributed by atoms with Crippen molar-refractivity contribution in [3.8, 4) is 0 Å². The first-order chi connectivity index (χ1) is 5.41. The minimum Gasteiger partial charge on any atom is -0.398 e. The molecule has 0 spiro atoms. The molecule has 0 saturated carbocycles. The molecule has 0 aliphatic carbocycles. The standard InChI is InChI=1S/C8H10F2N2/c1-5-2-3-6(7(11)4-5)8(9,10)12/h2-4H,11-12H2,1H3. The van der Waals surface area contributed by atoms with Gasteiger partial charge in [-0.3, -0.25) is 5.73 Å². The Morgan fingerprint density at radius 3 is 2.33 bits per heavy atom. The molecule has 4 heteroatoms. The molecule has 0 aromatic heterocycles. The third-order valence-electron chi connectivity index (χ3n) is 1.57. The summed E-state index contributed by atoms with van der Waals surface area (Å²) in [5.41, 5.74) is 10.5. The third-order valence-corrected chi connectivity index (χ3v) is 1.57. The fraction of sp³-hybridized carbons (Fsp3) is 0.250. The molecule has 0 aliphatic rings. The maximum Gasteiger partial charge on any atom is 0.328 e. The first-order valence-corrected chi connectivity index (χ1v) is 3.44. The second-order valence-electron chi connectivity index (χ2n) is 2.71. The molecule has 0 heterocycles. The van der Waals surface area contributed by atoms with Gasteiger partial charge in [-0.05, 0) is 24.6 Å². The van der Waals surface area contributed by atoms with Crippen LogP contribution in [0.4, 0.5) is 14.5 Å². The Morgan fingerprint density at radius 2 is 1.92 bits per heavy atom. The molecule has 66 valence electrons. The number of halogens is 2. The topological polar surface area (TPSA) is 52.0 Å². The van der Waals surface area contributed by atoms with Gasteiger partial charge >= 0.3 is 6.05 Å². The van der Waals surface area contributed by atoms with Crippen molar-refractivity contribution >= 4 is 5.69 Å². The van der Waals surface area contributed by atoms with Crippen molar-refractivity contribution in [3.63, 3.8) is 0 Å². The number of anilines is 1. The van der Waals surface area contributed by atoms with Crippen molar-refractivity contribution in [2.24, 2.45) is 5.73 Å². The van der Waals surface area contributed by atoms with Crippen LogP contribution < -0.4 is 11.5 Å². The lowest BCUT2D eigenvalue weighted by Crippen LogP contribution is -2.26. The zero-order valence-corrected chi connectivity index (χ0v) is 6.64.